The zero-order valence-corrected chi connectivity index (χ0v) is 45.8. The molecule has 0 unspecified atom stereocenters. The fraction of sp³-hybridized carbons (Fsp3) is 0.733. The normalized spacial score (nSPS) is 21.0. The fourth-order valence-electron chi connectivity index (χ4n) is 10.9. The molecule has 394 valence electrons. The van der Waals surface area contributed by atoms with Crippen molar-refractivity contribution in [1.29, 1.82) is 0 Å². The van der Waals surface area contributed by atoms with Gasteiger partial charge in [-0.2, -0.15) is 0 Å². The van der Waals surface area contributed by atoms with Gasteiger partial charge in [0.1, 0.15) is 11.1 Å². The van der Waals surface area contributed by atoms with E-state index in [4.69, 9.17) is 34.8 Å². The highest BCUT2D eigenvalue weighted by Gasteiger charge is 2.53. The molecule has 2 aliphatic rings. The average molecular weight is 1030 g/mol. The van der Waals surface area contributed by atoms with Crippen LogP contribution in [0.15, 0.2) is 47.4 Å². The lowest BCUT2D eigenvalue weighted by molar-refractivity contribution is -0.140. The highest BCUT2D eigenvalue weighted by atomic mass is 35.5. The minimum atomic E-state index is -1.01. The van der Waals surface area contributed by atoms with Crippen molar-refractivity contribution in [3.05, 3.63) is 68.6 Å². The molecular formula is C60H94Cl3N3O4. The molecule has 10 heteroatoms. The number of nitrogens with zero attached hydrogens (tertiary/aromatic N) is 1. The molecule has 1 aromatic heterocycles. The van der Waals surface area contributed by atoms with E-state index in [-0.39, 0.29) is 32.8 Å². The van der Waals surface area contributed by atoms with Crippen molar-refractivity contribution < 1.29 is 19.5 Å². The topological polar surface area (TPSA) is 108 Å². The van der Waals surface area contributed by atoms with Gasteiger partial charge < -0.3 is 15.7 Å². The summed E-state index contributed by atoms with van der Waals surface area (Å²) in [7, 11) is 0. The largest absolute Gasteiger partial charge is 0.480 e. The molecule has 2 aliphatic carbocycles. The van der Waals surface area contributed by atoms with Crippen LogP contribution in [0.4, 0.5) is 5.69 Å². The Labute approximate surface area is 440 Å². The molecule has 2 aromatic rings. The lowest BCUT2D eigenvalue weighted by Gasteiger charge is -2.44. The van der Waals surface area contributed by atoms with Crippen LogP contribution in [0.25, 0.3) is 0 Å². The van der Waals surface area contributed by atoms with Crippen LogP contribution in [0.3, 0.4) is 0 Å². The van der Waals surface area contributed by atoms with Gasteiger partial charge in [0.15, 0.2) is 5.78 Å². The van der Waals surface area contributed by atoms with Gasteiger partial charge >= 0.3 is 5.97 Å². The number of halogens is 3. The standard InChI is InChI=1S/C60H94Cl3N3O4/c61-51-47-64-48-52(62)54(51)58(68)65-50-42-40-49(41-43-50)46-53(59(69)70)66-56-55(63)57(67)60(56)44-38-36-34-32-30-28-26-24-22-20-18-16-14-12-10-8-6-4-2-1-3-5-7-9-11-13-15-17-19-21-23-25-27-29-31-33-35-37-39-45-60/h40-43,47-48,53,66H,1-39,44-46H2,(H,65,68)(H,69,70)/t53-/m0/s1. The van der Waals surface area contributed by atoms with Crippen molar-refractivity contribution in [2.75, 3.05) is 5.32 Å². The second-order valence-corrected chi connectivity index (χ2v) is 22.4. The van der Waals surface area contributed by atoms with Gasteiger partial charge in [0.05, 0.1) is 21.0 Å². The number of carboxylic acid groups (broad SMARTS) is 1. The SMILES string of the molecule is O=C(Nc1ccc(C[C@H](NC2=C(Cl)C(=O)C23CCCCCCCCCCCCCCCCCCCCCCCCCCCCCCCCCCCCCCCCC3)C(=O)O)cc1)c1c(Cl)cncc1Cl. The summed E-state index contributed by atoms with van der Waals surface area (Å²) in [6.45, 7) is 0. The predicted molar refractivity (Wildman–Crippen MR) is 297 cm³/mol. The Morgan fingerprint density at radius 2 is 0.800 bits per heavy atom. The number of nitrogens with one attached hydrogen (secondary N) is 2. The molecule has 7 nitrogen and oxygen atoms in total. The van der Waals surface area contributed by atoms with Crippen LogP contribution in [0.5, 0.6) is 0 Å². The highest BCUT2D eigenvalue weighted by Crippen LogP contribution is 2.51. The third kappa shape index (κ3) is 23.5. The van der Waals surface area contributed by atoms with Crippen LogP contribution in [0.2, 0.25) is 10.0 Å². The molecular weight excluding hydrogens is 933 g/mol. The summed E-state index contributed by atoms with van der Waals surface area (Å²) in [5.41, 5.74) is 1.25. The molecule has 1 atom stereocenters. The molecule has 1 heterocycles. The summed E-state index contributed by atoms with van der Waals surface area (Å²) < 4.78 is 0. The van der Waals surface area contributed by atoms with Crippen LogP contribution >= 0.6 is 34.8 Å². The van der Waals surface area contributed by atoms with Crippen LogP contribution < -0.4 is 10.6 Å². The number of hydrogen-bond donors (Lipinski definition) is 3. The Morgan fingerprint density at radius 1 is 0.500 bits per heavy atom. The molecule has 0 bridgehead atoms. The predicted octanol–water partition coefficient (Wildman–Crippen LogP) is 19.3. The molecule has 0 saturated heterocycles. The Kier molecular flexibility index (Phi) is 31.8. The van der Waals surface area contributed by atoms with Gasteiger partial charge in [0.2, 0.25) is 0 Å². The first kappa shape index (κ1) is 59.9. The van der Waals surface area contributed by atoms with Crippen LogP contribution in [-0.2, 0) is 16.0 Å². The molecule has 4 rings (SSSR count). The van der Waals surface area contributed by atoms with Crippen molar-refractivity contribution in [1.82, 2.24) is 10.3 Å². The van der Waals surface area contributed by atoms with Crippen LogP contribution in [0, 0.1) is 5.41 Å². The lowest BCUT2D eigenvalue weighted by Crippen LogP contribution is -2.53. The third-order valence-corrected chi connectivity index (χ3v) is 16.3. The van der Waals surface area contributed by atoms with Gasteiger partial charge in [0.25, 0.3) is 5.91 Å². The number of carboxylic acids is 1. The maximum absolute atomic E-state index is 13.9. The van der Waals surface area contributed by atoms with Gasteiger partial charge in [-0.15, -0.1) is 0 Å². The number of ketones is 1. The molecule has 1 fully saturated rings. The van der Waals surface area contributed by atoms with Crippen molar-refractivity contribution >= 4 is 58.1 Å². The lowest BCUT2D eigenvalue weighted by atomic mass is 9.64. The van der Waals surface area contributed by atoms with E-state index >= 15 is 0 Å². The Balaban J connectivity index is 1.25. The first-order valence-electron chi connectivity index (χ1n) is 28.9. The molecule has 70 heavy (non-hydrogen) atoms. The number of anilines is 1. The summed E-state index contributed by atoms with van der Waals surface area (Å²) in [6.07, 6.45) is 56.2. The Bertz CT molecular complexity index is 1720. The fourth-order valence-corrected chi connectivity index (χ4v) is 11.9. The minimum absolute atomic E-state index is 0.0353. The van der Waals surface area contributed by atoms with E-state index < -0.39 is 23.3 Å². The maximum atomic E-state index is 13.9. The molecule has 1 amide bonds. The summed E-state index contributed by atoms with van der Waals surface area (Å²) in [4.78, 5) is 43.5. The zero-order chi connectivity index (χ0) is 49.9. The van der Waals surface area contributed by atoms with Crippen molar-refractivity contribution in [3.63, 3.8) is 0 Å². The van der Waals surface area contributed by atoms with Gasteiger partial charge in [-0.25, -0.2) is 4.79 Å². The molecule has 1 spiro atoms. The van der Waals surface area contributed by atoms with E-state index in [1.54, 1.807) is 24.3 Å². The second-order valence-electron chi connectivity index (χ2n) is 21.3. The van der Waals surface area contributed by atoms with E-state index in [1.165, 1.54) is 224 Å². The van der Waals surface area contributed by atoms with E-state index in [9.17, 15) is 19.5 Å². The van der Waals surface area contributed by atoms with Crippen LogP contribution in [-0.4, -0.2) is 33.8 Å². The molecule has 1 aromatic carbocycles. The van der Waals surface area contributed by atoms with Crippen molar-refractivity contribution in [2.45, 2.75) is 276 Å². The third-order valence-electron chi connectivity index (χ3n) is 15.4. The molecule has 0 aliphatic heterocycles. The number of carbonyl (C=O) groups is 3. The number of amides is 1. The average Bonchev–Trinajstić information content (AvgIpc) is 3.35. The van der Waals surface area contributed by atoms with Gasteiger partial charge in [-0.05, 0) is 30.5 Å². The summed E-state index contributed by atoms with van der Waals surface area (Å²) >= 11 is 19.1. The smallest absolute Gasteiger partial charge is 0.326 e. The molecule has 3 N–H and O–H groups in total. The summed E-state index contributed by atoms with van der Waals surface area (Å²) in [5, 5.41) is 17.0. The highest BCUT2D eigenvalue weighted by molar-refractivity contribution is 6.47. The quantitative estimate of drug-likeness (QED) is 0.255. The number of Topliss-reactive ketones (excluding diaryl/α,β-unsaturated/α-hetero) is 1. The van der Waals surface area contributed by atoms with Crippen LogP contribution in [0.1, 0.15) is 279 Å². The number of allylic oxidation sites excluding steroid dienone is 2. The number of pyridine rings is 1. The molecule has 1 saturated carbocycles. The number of benzene rings is 1. The summed E-state index contributed by atoms with van der Waals surface area (Å²) in [6, 6.07) is 6.03. The first-order valence-corrected chi connectivity index (χ1v) is 30.0. The number of aliphatic carboxylic acids is 1. The zero-order valence-electron chi connectivity index (χ0n) is 43.5. The summed E-state index contributed by atoms with van der Waals surface area (Å²) in [5.74, 6) is -1.52. The maximum Gasteiger partial charge on any atom is 0.326 e. The monoisotopic (exact) mass is 1030 g/mol. The van der Waals surface area contributed by atoms with E-state index in [0.717, 1.165) is 44.1 Å². The van der Waals surface area contributed by atoms with E-state index in [0.29, 0.717) is 24.2 Å². The Hall–Kier alpha value is -2.61. The second kappa shape index (κ2) is 37.2. The van der Waals surface area contributed by atoms with E-state index in [2.05, 4.69) is 15.6 Å². The minimum Gasteiger partial charge on any atom is -0.480 e. The van der Waals surface area contributed by atoms with Crippen molar-refractivity contribution in [2.24, 2.45) is 5.41 Å². The van der Waals surface area contributed by atoms with Gasteiger partial charge in [0, 0.05) is 30.2 Å². The van der Waals surface area contributed by atoms with Gasteiger partial charge in [-0.3, -0.25) is 14.6 Å². The van der Waals surface area contributed by atoms with Crippen molar-refractivity contribution in [3.8, 4) is 0 Å². The molecule has 0 radical (unpaired) electrons. The number of hydrogen-bond acceptors (Lipinski definition) is 5. The first-order chi connectivity index (χ1) is 34.2. The number of carbonyl (C=O) groups excluding carboxylic acids is 2. The van der Waals surface area contributed by atoms with E-state index in [1.807, 2.05) is 0 Å². The number of rotatable bonds is 7. The Morgan fingerprint density at radius 3 is 1.10 bits per heavy atom. The number of aromatic nitrogens is 1. The van der Waals surface area contributed by atoms with Gasteiger partial charge in [-0.1, -0.05) is 297 Å².